The molecule has 0 bridgehead atoms. The molecule has 0 heterocycles. The molecule has 0 aliphatic rings. The summed E-state index contributed by atoms with van der Waals surface area (Å²) >= 11 is 0. The Morgan fingerprint density at radius 1 is 0.952 bits per heavy atom. The van der Waals surface area contributed by atoms with Crippen molar-refractivity contribution in [3.05, 3.63) is 59.7 Å². The van der Waals surface area contributed by atoms with E-state index in [1.54, 1.807) is 24.3 Å². The lowest BCUT2D eigenvalue weighted by Gasteiger charge is -2.08. The van der Waals surface area contributed by atoms with E-state index in [0.29, 0.717) is 5.56 Å². The second kappa shape index (κ2) is 6.56. The number of carbonyl (C=O) groups excluding carboxylic acids is 2. The van der Waals surface area contributed by atoms with E-state index in [2.05, 4.69) is 10.6 Å². The molecule has 108 valence electrons. The minimum atomic E-state index is -0.473. The molecular weight excluding hydrogens is 266 g/mol. The highest BCUT2D eigenvalue weighted by molar-refractivity contribution is 5.94. The first-order valence-corrected chi connectivity index (χ1v) is 6.55. The van der Waals surface area contributed by atoms with Gasteiger partial charge in [-0.1, -0.05) is 17.7 Å². The predicted octanol–water partition coefficient (Wildman–Crippen LogP) is 2.14. The maximum Gasteiger partial charge on any atom is 0.248 e. The van der Waals surface area contributed by atoms with Gasteiger partial charge in [-0.2, -0.15) is 0 Å². The van der Waals surface area contributed by atoms with E-state index in [0.717, 1.165) is 16.9 Å². The van der Waals surface area contributed by atoms with Crippen LogP contribution in [-0.4, -0.2) is 18.4 Å². The number of rotatable bonds is 5. The first-order chi connectivity index (χ1) is 10.0. The molecule has 0 unspecified atom stereocenters. The fraction of sp³-hybridized carbons (Fsp3) is 0.125. The van der Waals surface area contributed by atoms with Gasteiger partial charge >= 0.3 is 0 Å². The van der Waals surface area contributed by atoms with Crippen LogP contribution >= 0.6 is 0 Å². The first-order valence-electron chi connectivity index (χ1n) is 6.55. The van der Waals surface area contributed by atoms with Gasteiger partial charge in [0.15, 0.2) is 0 Å². The summed E-state index contributed by atoms with van der Waals surface area (Å²) in [5.74, 6) is -0.614. The van der Waals surface area contributed by atoms with Crippen LogP contribution in [0.4, 0.5) is 11.4 Å². The Balaban J connectivity index is 1.86. The molecule has 0 atom stereocenters. The third kappa shape index (κ3) is 4.35. The molecule has 2 rings (SSSR count). The lowest BCUT2D eigenvalue weighted by molar-refractivity contribution is -0.114. The molecule has 0 saturated carbocycles. The van der Waals surface area contributed by atoms with Crippen LogP contribution < -0.4 is 16.4 Å². The van der Waals surface area contributed by atoms with Crippen molar-refractivity contribution in [1.82, 2.24) is 0 Å². The van der Waals surface area contributed by atoms with E-state index in [-0.39, 0.29) is 12.5 Å². The number of aryl methyl sites for hydroxylation is 1. The van der Waals surface area contributed by atoms with E-state index in [1.807, 2.05) is 31.2 Å². The zero-order valence-electron chi connectivity index (χ0n) is 11.7. The van der Waals surface area contributed by atoms with Gasteiger partial charge < -0.3 is 16.4 Å². The zero-order valence-corrected chi connectivity index (χ0v) is 11.7. The fourth-order valence-corrected chi connectivity index (χ4v) is 1.78. The molecule has 0 aliphatic carbocycles. The summed E-state index contributed by atoms with van der Waals surface area (Å²) in [6.07, 6.45) is 0. The second-order valence-electron chi connectivity index (χ2n) is 4.71. The van der Waals surface area contributed by atoms with Gasteiger partial charge in [0.25, 0.3) is 0 Å². The van der Waals surface area contributed by atoms with Crippen molar-refractivity contribution in [3.63, 3.8) is 0 Å². The van der Waals surface area contributed by atoms with E-state index >= 15 is 0 Å². The summed E-state index contributed by atoms with van der Waals surface area (Å²) in [4.78, 5) is 22.7. The molecule has 0 aliphatic heterocycles. The number of hydrogen-bond donors (Lipinski definition) is 3. The summed E-state index contributed by atoms with van der Waals surface area (Å²) in [7, 11) is 0. The van der Waals surface area contributed by atoms with Gasteiger partial charge in [-0.25, -0.2) is 0 Å². The average molecular weight is 283 g/mol. The Hall–Kier alpha value is -2.82. The number of hydrogen-bond acceptors (Lipinski definition) is 3. The van der Waals surface area contributed by atoms with Crippen molar-refractivity contribution in [2.45, 2.75) is 6.92 Å². The van der Waals surface area contributed by atoms with Gasteiger partial charge in [-0.15, -0.1) is 0 Å². The molecule has 2 aromatic rings. The highest BCUT2D eigenvalue weighted by atomic mass is 16.2. The van der Waals surface area contributed by atoms with Crippen molar-refractivity contribution in [1.29, 1.82) is 0 Å². The van der Waals surface area contributed by atoms with E-state index < -0.39 is 5.91 Å². The van der Waals surface area contributed by atoms with Crippen molar-refractivity contribution < 1.29 is 9.59 Å². The van der Waals surface area contributed by atoms with Gasteiger partial charge in [0, 0.05) is 16.9 Å². The van der Waals surface area contributed by atoms with Gasteiger partial charge in [-0.05, 0) is 43.3 Å². The summed E-state index contributed by atoms with van der Waals surface area (Å²) in [6, 6.07) is 14.2. The van der Waals surface area contributed by atoms with Crippen LogP contribution in [0.1, 0.15) is 15.9 Å². The van der Waals surface area contributed by atoms with Crippen LogP contribution in [0.15, 0.2) is 48.5 Å². The number of nitrogens with one attached hydrogen (secondary N) is 2. The Labute approximate surface area is 123 Å². The maximum absolute atomic E-state index is 11.8. The van der Waals surface area contributed by atoms with Crippen LogP contribution in [-0.2, 0) is 4.79 Å². The zero-order chi connectivity index (χ0) is 15.2. The van der Waals surface area contributed by atoms with Gasteiger partial charge in [0.1, 0.15) is 0 Å². The predicted molar refractivity (Wildman–Crippen MR) is 83.3 cm³/mol. The number of anilines is 2. The first kappa shape index (κ1) is 14.6. The smallest absolute Gasteiger partial charge is 0.248 e. The van der Waals surface area contributed by atoms with E-state index in [1.165, 1.54) is 0 Å². The molecular formula is C16H17N3O2. The van der Waals surface area contributed by atoms with Gasteiger partial charge in [0.2, 0.25) is 11.8 Å². The SMILES string of the molecule is Cc1ccc(NC(=O)CNc2ccc(C(N)=O)cc2)cc1. The molecule has 0 saturated heterocycles. The normalized spacial score (nSPS) is 9.95. The summed E-state index contributed by atoms with van der Waals surface area (Å²) in [5, 5.41) is 5.77. The van der Waals surface area contributed by atoms with Crippen LogP contribution in [0.3, 0.4) is 0 Å². The average Bonchev–Trinajstić information content (AvgIpc) is 2.48. The molecule has 4 N–H and O–H groups in total. The van der Waals surface area contributed by atoms with Gasteiger partial charge in [-0.3, -0.25) is 9.59 Å². The van der Waals surface area contributed by atoms with Crippen LogP contribution in [0, 0.1) is 6.92 Å². The highest BCUT2D eigenvalue weighted by Gasteiger charge is 2.03. The molecule has 5 heteroatoms. The Kier molecular flexibility index (Phi) is 4.56. The molecule has 5 nitrogen and oxygen atoms in total. The standard InChI is InChI=1S/C16H17N3O2/c1-11-2-6-14(7-3-11)19-15(20)10-18-13-8-4-12(5-9-13)16(17)21/h2-9,18H,10H2,1H3,(H2,17,21)(H,19,20). The third-order valence-corrected chi connectivity index (χ3v) is 2.96. The molecule has 21 heavy (non-hydrogen) atoms. The summed E-state index contributed by atoms with van der Waals surface area (Å²) < 4.78 is 0. The molecule has 0 radical (unpaired) electrons. The van der Waals surface area contributed by atoms with E-state index in [4.69, 9.17) is 5.73 Å². The highest BCUT2D eigenvalue weighted by Crippen LogP contribution is 2.10. The quantitative estimate of drug-likeness (QED) is 0.786. The minimum Gasteiger partial charge on any atom is -0.376 e. The monoisotopic (exact) mass is 283 g/mol. The Morgan fingerprint density at radius 3 is 2.10 bits per heavy atom. The molecule has 2 aromatic carbocycles. The lowest BCUT2D eigenvalue weighted by Crippen LogP contribution is -2.21. The van der Waals surface area contributed by atoms with E-state index in [9.17, 15) is 9.59 Å². The van der Waals surface area contributed by atoms with Crippen molar-refractivity contribution in [2.75, 3.05) is 17.2 Å². The van der Waals surface area contributed by atoms with Crippen LogP contribution in [0.5, 0.6) is 0 Å². The summed E-state index contributed by atoms with van der Waals surface area (Å²) in [6.45, 7) is 2.13. The topological polar surface area (TPSA) is 84.2 Å². The molecule has 0 fully saturated rings. The number of carbonyl (C=O) groups is 2. The Bertz CT molecular complexity index is 634. The molecule has 0 aromatic heterocycles. The van der Waals surface area contributed by atoms with Crippen LogP contribution in [0.25, 0.3) is 0 Å². The Morgan fingerprint density at radius 2 is 1.52 bits per heavy atom. The summed E-state index contributed by atoms with van der Waals surface area (Å²) in [5.41, 5.74) is 8.24. The largest absolute Gasteiger partial charge is 0.376 e. The second-order valence-corrected chi connectivity index (χ2v) is 4.71. The minimum absolute atomic E-state index is 0.141. The van der Waals surface area contributed by atoms with Crippen molar-refractivity contribution in [3.8, 4) is 0 Å². The van der Waals surface area contributed by atoms with Crippen molar-refractivity contribution >= 4 is 23.2 Å². The number of benzene rings is 2. The van der Waals surface area contributed by atoms with Crippen molar-refractivity contribution in [2.24, 2.45) is 5.73 Å². The molecule has 2 amide bonds. The maximum atomic E-state index is 11.8. The lowest BCUT2D eigenvalue weighted by atomic mass is 10.2. The van der Waals surface area contributed by atoms with Crippen LogP contribution in [0.2, 0.25) is 0 Å². The fourth-order valence-electron chi connectivity index (χ4n) is 1.78. The third-order valence-electron chi connectivity index (χ3n) is 2.96. The number of nitrogens with two attached hydrogens (primary N) is 1. The molecule has 0 spiro atoms. The van der Waals surface area contributed by atoms with Gasteiger partial charge in [0.05, 0.1) is 6.54 Å². The number of amides is 2. The number of primary amides is 1.